The van der Waals surface area contributed by atoms with Gasteiger partial charge in [0.15, 0.2) is 5.96 Å². The average molecular weight is 382 g/mol. The molecule has 0 radical (unpaired) electrons. The molecule has 0 atom stereocenters. The van der Waals surface area contributed by atoms with E-state index in [1.807, 2.05) is 30.0 Å². The first-order valence-corrected chi connectivity index (χ1v) is 9.77. The number of nitrogens with zero attached hydrogens (tertiary/aromatic N) is 2. The van der Waals surface area contributed by atoms with Gasteiger partial charge in [0.2, 0.25) is 5.91 Å². The highest BCUT2D eigenvalue weighted by atomic mass is 19.1. The summed E-state index contributed by atoms with van der Waals surface area (Å²) in [6.07, 6.45) is 1.57. The highest BCUT2D eigenvalue weighted by Gasteiger charge is 2.19. The number of carbonyl (C=O) groups is 1. The molecule has 1 heterocycles. The van der Waals surface area contributed by atoms with Crippen LogP contribution in [0.15, 0.2) is 53.5 Å². The fraction of sp³-hybridized carbons (Fsp3) is 0.364. The molecule has 0 unspecified atom stereocenters. The van der Waals surface area contributed by atoms with E-state index in [-0.39, 0.29) is 18.3 Å². The first-order valence-electron chi connectivity index (χ1n) is 9.77. The number of halogens is 1. The van der Waals surface area contributed by atoms with Gasteiger partial charge < -0.3 is 15.5 Å². The lowest BCUT2D eigenvalue weighted by molar-refractivity contribution is -0.130. The molecule has 5 nitrogen and oxygen atoms in total. The van der Waals surface area contributed by atoms with Crippen LogP contribution in [0.4, 0.5) is 4.39 Å². The monoisotopic (exact) mass is 382 g/mol. The highest BCUT2D eigenvalue weighted by molar-refractivity contribution is 5.85. The zero-order valence-corrected chi connectivity index (χ0v) is 16.2. The van der Waals surface area contributed by atoms with Crippen molar-refractivity contribution in [2.75, 3.05) is 26.2 Å². The second-order valence-corrected chi connectivity index (χ2v) is 6.84. The quantitative estimate of drug-likeness (QED) is 0.596. The number of aliphatic imine (C=N–C) groups is 1. The lowest BCUT2D eigenvalue weighted by Crippen LogP contribution is -2.41. The molecular weight excluding hydrogens is 355 g/mol. The van der Waals surface area contributed by atoms with E-state index in [1.54, 1.807) is 6.07 Å². The van der Waals surface area contributed by atoms with Crippen LogP contribution in [0.3, 0.4) is 0 Å². The van der Waals surface area contributed by atoms with E-state index in [9.17, 15) is 9.18 Å². The van der Waals surface area contributed by atoms with Gasteiger partial charge in [-0.2, -0.15) is 0 Å². The number of carbonyl (C=O) groups excluding carboxylic acids is 1. The van der Waals surface area contributed by atoms with E-state index in [1.165, 1.54) is 23.3 Å². The van der Waals surface area contributed by atoms with Crippen molar-refractivity contribution in [3.05, 3.63) is 71.0 Å². The van der Waals surface area contributed by atoms with E-state index in [0.717, 1.165) is 18.5 Å². The Morgan fingerprint density at radius 1 is 1.14 bits per heavy atom. The van der Waals surface area contributed by atoms with Crippen LogP contribution in [-0.4, -0.2) is 42.9 Å². The smallest absolute Gasteiger partial charge is 0.244 e. The summed E-state index contributed by atoms with van der Waals surface area (Å²) in [5.41, 5.74) is 3.46. The van der Waals surface area contributed by atoms with Gasteiger partial charge in [0.25, 0.3) is 0 Å². The van der Waals surface area contributed by atoms with Crippen molar-refractivity contribution in [1.82, 2.24) is 15.5 Å². The Kier molecular flexibility index (Phi) is 7.00. The largest absolute Gasteiger partial charge is 0.357 e. The van der Waals surface area contributed by atoms with Crippen molar-refractivity contribution in [2.24, 2.45) is 4.99 Å². The van der Waals surface area contributed by atoms with Gasteiger partial charge in [-0.1, -0.05) is 36.4 Å². The predicted molar refractivity (Wildman–Crippen MR) is 110 cm³/mol. The average Bonchev–Trinajstić information content (AvgIpc) is 2.71. The summed E-state index contributed by atoms with van der Waals surface area (Å²) >= 11 is 0. The summed E-state index contributed by atoms with van der Waals surface area (Å²) in [5, 5.41) is 6.36. The number of guanidine groups is 1. The number of nitrogens with one attached hydrogen (secondary N) is 2. The normalized spacial score (nSPS) is 13.8. The minimum absolute atomic E-state index is 0.0248. The van der Waals surface area contributed by atoms with Crippen LogP contribution in [0, 0.1) is 5.82 Å². The Bertz CT molecular complexity index is 837. The zero-order chi connectivity index (χ0) is 19.8. The molecule has 0 aliphatic carbocycles. The SMILES string of the molecule is CCNC(=NCC(=O)N1CCc2ccccc2C1)NCCc1cccc(F)c1. The topological polar surface area (TPSA) is 56.7 Å². The molecule has 0 fully saturated rings. The first-order chi connectivity index (χ1) is 13.7. The molecule has 2 N–H and O–H groups in total. The molecule has 2 aromatic rings. The second-order valence-electron chi connectivity index (χ2n) is 6.84. The first kappa shape index (κ1) is 19.9. The second kappa shape index (κ2) is 9.88. The van der Waals surface area contributed by atoms with Gasteiger partial charge in [-0.25, -0.2) is 9.38 Å². The van der Waals surface area contributed by atoms with Gasteiger partial charge in [-0.05, 0) is 48.6 Å². The van der Waals surface area contributed by atoms with Crippen LogP contribution in [0.5, 0.6) is 0 Å². The van der Waals surface area contributed by atoms with Crippen LogP contribution in [-0.2, 0) is 24.2 Å². The molecule has 3 rings (SSSR count). The summed E-state index contributed by atoms with van der Waals surface area (Å²) in [6, 6.07) is 14.8. The number of hydrogen-bond acceptors (Lipinski definition) is 2. The van der Waals surface area contributed by atoms with Crippen molar-refractivity contribution < 1.29 is 9.18 Å². The Balaban J connectivity index is 1.51. The number of fused-ring (bicyclic) bond motifs is 1. The molecule has 148 valence electrons. The van der Waals surface area contributed by atoms with Crippen molar-refractivity contribution in [3.8, 4) is 0 Å². The number of rotatable bonds is 6. The molecule has 28 heavy (non-hydrogen) atoms. The van der Waals surface area contributed by atoms with Crippen LogP contribution >= 0.6 is 0 Å². The van der Waals surface area contributed by atoms with Crippen molar-refractivity contribution in [1.29, 1.82) is 0 Å². The van der Waals surface area contributed by atoms with E-state index in [4.69, 9.17) is 0 Å². The van der Waals surface area contributed by atoms with Crippen molar-refractivity contribution in [2.45, 2.75) is 26.3 Å². The number of hydrogen-bond donors (Lipinski definition) is 2. The summed E-state index contributed by atoms with van der Waals surface area (Å²) < 4.78 is 13.3. The van der Waals surface area contributed by atoms with E-state index < -0.39 is 0 Å². The minimum Gasteiger partial charge on any atom is -0.357 e. The van der Waals surface area contributed by atoms with Crippen molar-refractivity contribution >= 4 is 11.9 Å². The van der Waals surface area contributed by atoms with E-state index >= 15 is 0 Å². The Morgan fingerprint density at radius 2 is 1.96 bits per heavy atom. The molecule has 0 saturated carbocycles. The summed E-state index contributed by atoms with van der Waals surface area (Å²) in [6.45, 7) is 4.78. The van der Waals surface area contributed by atoms with E-state index in [0.29, 0.717) is 32.0 Å². The fourth-order valence-corrected chi connectivity index (χ4v) is 3.31. The van der Waals surface area contributed by atoms with Gasteiger partial charge in [-0.3, -0.25) is 4.79 Å². The maximum Gasteiger partial charge on any atom is 0.244 e. The molecule has 1 amide bonds. The Morgan fingerprint density at radius 3 is 2.75 bits per heavy atom. The lowest BCUT2D eigenvalue weighted by Gasteiger charge is -2.28. The lowest BCUT2D eigenvalue weighted by atomic mass is 10.00. The third-order valence-corrected chi connectivity index (χ3v) is 4.80. The minimum atomic E-state index is -0.230. The predicted octanol–water partition coefficient (Wildman–Crippen LogP) is 2.51. The molecule has 2 aromatic carbocycles. The molecule has 6 heteroatoms. The van der Waals surface area contributed by atoms with Gasteiger partial charge in [0.05, 0.1) is 0 Å². The van der Waals surface area contributed by atoms with Crippen LogP contribution in [0.1, 0.15) is 23.6 Å². The molecule has 0 bridgehead atoms. The summed E-state index contributed by atoms with van der Waals surface area (Å²) in [7, 11) is 0. The molecule has 0 spiro atoms. The molecule has 0 aromatic heterocycles. The van der Waals surface area contributed by atoms with Crippen LogP contribution < -0.4 is 10.6 Å². The standard InChI is InChI=1S/C22H27FN4O/c1-2-24-22(25-12-10-17-6-5-9-20(23)14-17)26-15-21(28)27-13-11-18-7-3-4-8-19(18)16-27/h3-9,14H,2,10-13,15-16H2,1H3,(H2,24,25,26). The fourth-order valence-electron chi connectivity index (χ4n) is 3.31. The van der Waals surface area contributed by atoms with Gasteiger partial charge in [0.1, 0.15) is 12.4 Å². The number of benzene rings is 2. The number of amides is 1. The maximum absolute atomic E-state index is 13.3. The highest BCUT2D eigenvalue weighted by Crippen LogP contribution is 2.18. The summed E-state index contributed by atoms with van der Waals surface area (Å²) in [5.74, 6) is 0.397. The van der Waals surface area contributed by atoms with Crippen LogP contribution in [0.25, 0.3) is 0 Å². The third kappa shape index (κ3) is 5.55. The van der Waals surface area contributed by atoms with E-state index in [2.05, 4.69) is 27.8 Å². The summed E-state index contributed by atoms with van der Waals surface area (Å²) in [4.78, 5) is 18.9. The molecular formula is C22H27FN4O. The molecule has 1 aliphatic heterocycles. The van der Waals surface area contributed by atoms with Crippen LogP contribution in [0.2, 0.25) is 0 Å². The van der Waals surface area contributed by atoms with Gasteiger partial charge >= 0.3 is 0 Å². The zero-order valence-electron chi connectivity index (χ0n) is 16.2. The third-order valence-electron chi connectivity index (χ3n) is 4.80. The Labute approximate surface area is 165 Å². The Hall–Kier alpha value is -2.89. The molecule has 0 saturated heterocycles. The van der Waals surface area contributed by atoms with Gasteiger partial charge in [-0.15, -0.1) is 0 Å². The van der Waals surface area contributed by atoms with Crippen molar-refractivity contribution in [3.63, 3.8) is 0 Å². The maximum atomic E-state index is 13.3. The van der Waals surface area contributed by atoms with Gasteiger partial charge in [0, 0.05) is 26.2 Å². The molecule has 1 aliphatic rings.